The van der Waals surface area contributed by atoms with Crippen LogP contribution >= 0.6 is 11.7 Å². The Morgan fingerprint density at radius 3 is 2.68 bits per heavy atom. The van der Waals surface area contributed by atoms with Gasteiger partial charge in [0.15, 0.2) is 18.1 Å². The van der Waals surface area contributed by atoms with Crippen LogP contribution in [0.2, 0.25) is 0 Å². The third kappa shape index (κ3) is 4.74. The number of benzene rings is 2. The van der Waals surface area contributed by atoms with Crippen molar-refractivity contribution >= 4 is 40.3 Å². The minimum absolute atomic E-state index is 0.147. The van der Waals surface area contributed by atoms with Crippen molar-refractivity contribution in [3.8, 4) is 11.5 Å². The minimum Gasteiger partial charge on any atom is -0.493 e. The molecule has 0 spiro atoms. The number of nitrogens with one attached hydrogen (secondary N) is 1. The van der Waals surface area contributed by atoms with Crippen molar-refractivity contribution < 1.29 is 23.8 Å². The number of nitrogens with zero attached hydrogens (tertiary/aromatic N) is 2. The van der Waals surface area contributed by atoms with Crippen molar-refractivity contribution in [3.63, 3.8) is 0 Å². The highest BCUT2D eigenvalue weighted by Crippen LogP contribution is 2.28. The summed E-state index contributed by atoms with van der Waals surface area (Å²) in [5.41, 5.74) is 2.76. The maximum atomic E-state index is 12.0. The lowest BCUT2D eigenvalue weighted by Gasteiger charge is -2.10. The van der Waals surface area contributed by atoms with Gasteiger partial charge in [-0.15, -0.1) is 0 Å². The van der Waals surface area contributed by atoms with Gasteiger partial charge in [0.1, 0.15) is 11.0 Å². The number of fused-ring (bicyclic) bond motifs is 1. The van der Waals surface area contributed by atoms with Gasteiger partial charge in [-0.25, -0.2) is 0 Å². The average Bonchev–Trinajstić information content (AvgIpc) is 3.20. The van der Waals surface area contributed by atoms with E-state index in [4.69, 9.17) is 14.2 Å². The lowest BCUT2D eigenvalue weighted by Crippen LogP contribution is -2.21. The summed E-state index contributed by atoms with van der Waals surface area (Å²) >= 11 is 1.07. The second-order valence-corrected chi connectivity index (χ2v) is 6.36. The molecule has 0 fully saturated rings. The van der Waals surface area contributed by atoms with Gasteiger partial charge in [-0.1, -0.05) is 12.1 Å². The summed E-state index contributed by atoms with van der Waals surface area (Å²) in [6.07, 6.45) is 0.610. The number of hydrogen-bond donors (Lipinski definition) is 1. The van der Waals surface area contributed by atoms with E-state index >= 15 is 0 Å². The summed E-state index contributed by atoms with van der Waals surface area (Å²) in [6.45, 7) is -0.362. The Balaban J connectivity index is 1.48. The molecule has 1 heterocycles. The SMILES string of the molecule is COc1ccc(CCC(=O)OCC(=O)Nc2cccc3nsnc23)cc1OC. The highest BCUT2D eigenvalue weighted by Gasteiger charge is 2.12. The van der Waals surface area contributed by atoms with Crippen LogP contribution in [0.3, 0.4) is 0 Å². The van der Waals surface area contributed by atoms with Gasteiger partial charge in [0.2, 0.25) is 0 Å². The van der Waals surface area contributed by atoms with E-state index in [1.165, 1.54) is 0 Å². The first-order valence-corrected chi connectivity index (χ1v) is 9.21. The van der Waals surface area contributed by atoms with Crippen LogP contribution in [-0.4, -0.2) is 41.5 Å². The van der Waals surface area contributed by atoms with E-state index < -0.39 is 11.9 Å². The van der Waals surface area contributed by atoms with E-state index in [1.807, 2.05) is 12.1 Å². The van der Waals surface area contributed by atoms with Gasteiger partial charge in [-0.2, -0.15) is 8.75 Å². The molecule has 1 aromatic heterocycles. The number of ether oxygens (including phenoxy) is 3. The molecule has 0 radical (unpaired) electrons. The molecular weight excluding hydrogens is 382 g/mol. The largest absolute Gasteiger partial charge is 0.493 e. The zero-order chi connectivity index (χ0) is 19.9. The zero-order valence-electron chi connectivity index (χ0n) is 15.4. The van der Waals surface area contributed by atoms with Crippen LogP contribution in [0.15, 0.2) is 36.4 Å². The van der Waals surface area contributed by atoms with E-state index in [2.05, 4.69) is 14.1 Å². The van der Waals surface area contributed by atoms with Crippen LogP contribution in [0, 0.1) is 0 Å². The Hall–Kier alpha value is -3.20. The standard InChI is InChI=1S/C19H19N3O5S/c1-25-15-8-6-12(10-16(15)26-2)7-9-18(24)27-11-17(23)20-13-4-3-5-14-19(13)22-28-21-14/h3-6,8,10H,7,9,11H2,1-2H3,(H,20,23). The van der Waals surface area contributed by atoms with Crippen LogP contribution in [0.4, 0.5) is 5.69 Å². The number of rotatable bonds is 8. The predicted octanol–water partition coefficient (Wildman–Crippen LogP) is 2.82. The van der Waals surface area contributed by atoms with Crippen molar-refractivity contribution in [1.29, 1.82) is 0 Å². The maximum absolute atomic E-state index is 12.0. The second-order valence-electron chi connectivity index (χ2n) is 5.84. The molecule has 0 aliphatic heterocycles. The molecule has 0 bridgehead atoms. The molecular formula is C19H19N3O5S. The van der Waals surface area contributed by atoms with Crippen molar-refractivity contribution in [2.75, 3.05) is 26.1 Å². The number of hydrogen-bond acceptors (Lipinski definition) is 8. The number of aryl methyl sites for hydroxylation is 1. The number of esters is 1. The Morgan fingerprint density at radius 2 is 1.89 bits per heavy atom. The van der Waals surface area contributed by atoms with Gasteiger partial charge < -0.3 is 19.5 Å². The summed E-state index contributed by atoms with van der Waals surface area (Å²) < 4.78 is 23.7. The minimum atomic E-state index is -0.460. The number of aromatic nitrogens is 2. The van der Waals surface area contributed by atoms with E-state index in [0.717, 1.165) is 17.3 Å². The number of carbonyl (C=O) groups is 2. The molecule has 8 nitrogen and oxygen atoms in total. The molecule has 0 saturated heterocycles. The van der Waals surface area contributed by atoms with Gasteiger partial charge in [-0.05, 0) is 36.2 Å². The van der Waals surface area contributed by atoms with E-state index in [9.17, 15) is 9.59 Å². The van der Waals surface area contributed by atoms with E-state index in [-0.39, 0.29) is 13.0 Å². The molecule has 28 heavy (non-hydrogen) atoms. The lowest BCUT2D eigenvalue weighted by molar-refractivity contribution is -0.147. The van der Waals surface area contributed by atoms with Crippen LogP contribution in [-0.2, 0) is 20.7 Å². The summed E-state index contributed by atoms with van der Waals surface area (Å²) in [6, 6.07) is 10.7. The molecule has 0 atom stereocenters. The van der Waals surface area contributed by atoms with Gasteiger partial charge >= 0.3 is 5.97 Å². The van der Waals surface area contributed by atoms with Crippen molar-refractivity contribution in [2.45, 2.75) is 12.8 Å². The van der Waals surface area contributed by atoms with Gasteiger partial charge in [0, 0.05) is 6.42 Å². The fourth-order valence-corrected chi connectivity index (χ4v) is 3.14. The van der Waals surface area contributed by atoms with Gasteiger partial charge in [-0.3, -0.25) is 9.59 Å². The van der Waals surface area contributed by atoms with Crippen LogP contribution in [0.5, 0.6) is 11.5 Å². The molecule has 0 unspecified atom stereocenters. The second kappa shape index (κ2) is 9.14. The van der Waals surface area contributed by atoms with Gasteiger partial charge in [0.25, 0.3) is 5.91 Å². The van der Waals surface area contributed by atoms with E-state index in [1.54, 1.807) is 38.5 Å². The van der Waals surface area contributed by atoms with Crippen LogP contribution in [0.1, 0.15) is 12.0 Å². The van der Waals surface area contributed by atoms with Crippen molar-refractivity contribution in [2.24, 2.45) is 0 Å². The molecule has 0 aliphatic carbocycles. The first kappa shape index (κ1) is 19.6. The first-order valence-electron chi connectivity index (χ1n) is 8.48. The molecule has 0 saturated carbocycles. The zero-order valence-corrected chi connectivity index (χ0v) is 16.2. The highest BCUT2D eigenvalue weighted by molar-refractivity contribution is 7.00. The van der Waals surface area contributed by atoms with Gasteiger partial charge in [0.05, 0.1) is 31.6 Å². The summed E-state index contributed by atoms with van der Waals surface area (Å²) in [5.74, 6) is 0.327. The van der Waals surface area contributed by atoms with Crippen molar-refractivity contribution in [1.82, 2.24) is 8.75 Å². The molecule has 3 rings (SSSR count). The Kier molecular flexibility index (Phi) is 6.38. The molecule has 0 aliphatic rings. The van der Waals surface area contributed by atoms with E-state index in [0.29, 0.717) is 34.6 Å². The smallest absolute Gasteiger partial charge is 0.306 e. The topological polar surface area (TPSA) is 99.6 Å². The number of methoxy groups -OCH3 is 2. The monoisotopic (exact) mass is 401 g/mol. The molecule has 3 aromatic rings. The summed E-state index contributed by atoms with van der Waals surface area (Å²) in [7, 11) is 3.11. The quantitative estimate of drug-likeness (QED) is 0.579. The number of carbonyl (C=O) groups excluding carboxylic acids is 2. The van der Waals surface area contributed by atoms with Crippen LogP contribution < -0.4 is 14.8 Å². The Morgan fingerprint density at radius 1 is 1.07 bits per heavy atom. The third-order valence-electron chi connectivity index (χ3n) is 3.99. The Bertz CT molecular complexity index is 989. The lowest BCUT2D eigenvalue weighted by atomic mass is 10.1. The normalized spacial score (nSPS) is 10.5. The molecule has 1 amide bonds. The average molecular weight is 401 g/mol. The number of amides is 1. The predicted molar refractivity (Wildman–Crippen MR) is 105 cm³/mol. The number of anilines is 1. The first-order chi connectivity index (χ1) is 13.6. The molecule has 1 N–H and O–H groups in total. The summed E-state index contributed by atoms with van der Waals surface area (Å²) in [5, 5.41) is 2.69. The highest BCUT2D eigenvalue weighted by atomic mass is 32.1. The third-order valence-corrected chi connectivity index (χ3v) is 4.53. The van der Waals surface area contributed by atoms with Crippen molar-refractivity contribution in [3.05, 3.63) is 42.0 Å². The fourth-order valence-electron chi connectivity index (χ4n) is 2.59. The fraction of sp³-hybridized carbons (Fsp3) is 0.263. The summed E-state index contributed by atoms with van der Waals surface area (Å²) in [4.78, 5) is 24.0. The maximum Gasteiger partial charge on any atom is 0.306 e. The van der Waals surface area contributed by atoms with Crippen LogP contribution in [0.25, 0.3) is 11.0 Å². The molecule has 9 heteroatoms. The molecule has 146 valence electrons. The molecule has 2 aromatic carbocycles. The Labute approximate surface area is 165 Å².